The number of hydrogen-bond donors (Lipinski definition) is 1. The number of hydrogen-bond acceptors (Lipinski definition) is 2. The van der Waals surface area contributed by atoms with Crippen molar-refractivity contribution in [2.24, 2.45) is 40.9 Å². The van der Waals surface area contributed by atoms with Crippen LogP contribution in [0.25, 0.3) is 0 Å². The van der Waals surface area contributed by atoms with Gasteiger partial charge in [-0.1, -0.05) is 37.3 Å². The molecule has 31 heavy (non-hydrogen) atoms. The maximum atomic E-state index is 13.6. The molecule has 0 unspecified atom stereocenters. The smallest absolute Gasteiger partial charge is 0.226 e. The fraction of sp³-hybridized carbons (Fsp3) is 0.750. The Hall–Kier alpha value is -1.35. The van der Waals surface area contributed by atoms with Crippen molar-refractivity contribution >= 4 is 5.91 Å². The molecule has 1 aromatic carbocycles. The molecule has 5 rings (SSSR count). The second-order valence-corrected chi connectivity index (χ2v) is 12.0. The Bertz CT molecular complexity index is 804. The molecule has 0 bridgehead atoms. The summed E-state index contributed by atoms with van der Waals surface area (Å²) in [7, 11) is 2.00. The van der Waals surface area contributed by atoms with Crippen LogP contribution in [0.5, 0.6) is 0 Å². The molecule has 170 valence electrons. The molecule has 0 spiro atoms. The maximum Gasteiger partial charge on any atom is 0.226 e. The van der Waals surface area contributed by atoms with Gasteiger partial charge in [-0.25, -0.2) is 0 Å². The monoisotopic (exact) mass is 423 g/mol. The van der Waals surface area contributed by atoms with Gasteiger partial charge in [-0.2, -0.15) is 0 Å². The average molecular weight is 424 g/mol. The summed E-state index contributed by atoms with van der Waals surface area (Å²) in [6.45, 7) is 5.22. The van der Waals surface area contributed by atoms with E-state index in [1.165, 1.54) is 44.1 Å². The highest BCUT2D eigenvalue weighted by atomic mass is 16.3. The normalized spacial score (nSPS) is 44.1. The molecule has 4 aliphatic carbocycles. The molecule has 1 aromatic rings. The summed E-state index contributed by atoms with van der Waals surface area (Å²) in [5, 5.41) is 10.6. The highest BCUT2D eigenvalue weighted by Crippen LogP contribution is 2.64. The molecule has 8 atom stereocenters. The molecule has 3 heteroatoms. The Labute approximate surface area is 188 Å². The zero-order valence-electron chi connectivity index (χ0n) is 19.7. The van der Waals surface area contributed by atoms with E-state index in [4.69, 9.17) is 0 Å². The molecule has 0 aliphatic heterocycles. The molecule has 0 heterocycles. The quantitative estimate of drug-likeness (QED) is 0.681. The first-order chi connectivity index (χ1) is 14.8. The zero-order chi connectivity index (χ0) is 21.8. The molecule has 0 aromatic heterocycles. The molecular formula is C28H41NO2. The van der Waals surface area contributed by atoms with Crippen LogP contribution in [0.15, 0.2) is 30.3 Å². The average Bonchev–Trinajstić information content (AvgIpc) is 3.10. The van der Waals surface area contributed by atoms with Gasteiger partial charge in [0.2, 0.25) is 5.91 Å². The van der Waals surface area contributed by atoms with Crippen molar-refractivity contribution in [2.75, 3.05) is 7.05 Å². The first-order valence-electron chi connectivity index (χ1n) is 12.8. The lowest BCUT2D eigenvalue weighted by molar-refractivity contribution is -0.143. The fourth-order valence-electron chi connectivity index (χ4n) is 8.69. The molecule has 1 N–H and O–H groups in total. The highest BCUT2D eigenvalue weighted by molar-refractivity contribution is 5.80. The number of benzene rings is 1. The van der Waals surface area contributed by atoms with Crippen molar-refractivity contribution in [1.29, 1.82) is 0 Å². The van der Waals surface area contributed by atoms with Crippen LogP contribution in [0.1, 0.15) is 77.2 Å². The molecule has 0 saturated heterocycles. The second-order valence-electron chi connectivity index (χ2n) is 12.0. The van der Waals surface area contributed by atoms with Crippen molar-refractivity contribution in [1.82, 2.24) is 4.90 Å². The van der Waals surface area contributed by atoms with Gasteiger partial charge in [-0.15, -0.1) is 0 Å². The van der Waals surface area contributed by atoms with Crippen molar-refractivity contribution in [3.05, 3.63) is 35.9 Å². The Morgan fingerprint density at radius 3 is 2.48 bits per heavy atom. The summed E-state index contributed by atoms with van der Waals surface area (Å²) in [5.74, 6) is 4.47. The summed E-state index contributed by atoms with van der Waals surface area (Å²) < 4.78 is 0. The summed E-state index contributed by atoms with van der Waals surface area (Å²) in [6, 6.07) is 10.4. The predicted octanol–water partition coefficient (Wildman–Crippen LogP) is 5.66. The summed E-state index contributed by atoms with van der Waals surface area (Å²) in [5.41, 5.74) is 0.954. The van der Waals surface area contributed by atoms with Crippen LogP contribution in [0.2, 0.25) is 0 Å². The van der Waals surface area contributed by atoms with Crippen LogP contribution >= 0.6 is 0 Å². The lowest BCUT2D eigenvalue weighted by Gasteiger charge is -2.57. The molecule has 4 fully saturated rings. The van der Waals surface area contributed by atoms with Crippen LogP contribution in [-0.4, -0.2) is 28.6 Å². The van der Waals surface area contributed by atoms with E-state index < -0.39 is 5.60 Å². The van der Waals surface area contributed by atoms with Crippen LogP contribution in [0.3, 0.4) is 0 Å². The van der Waals surface area contributed by atoms with Gasteiger partial charge in [-0.05, 0) is 105 Å². The zero-order valence-corrected chi connectivity index (χ0v) is 19.7. The number of nitrogens with zero attached hydrogens (tertiary/aromatic N) is 1. The number of carbonyl (C=O) groups is 1. The number of amides is 1. The van der Waals surface area contributed by atoms with Crippen molar-refractivity contribution in [3.8, 4) is 0 Å². The number of aliphatic hydroxyl groups is 1. The van der Waals surface area contributed by atoms with Gasteiger partial charge in [0.1, 0.15) is 0 Å². The van der Waals surface area contributed by atoms with Crippen molar-refractivity contribution in [2.45, 2.75) is 83.8 Å². The van der Waals surface area contributed by atoms with E-state index in [1.807, 2.05) is 24.9 Å². The van der Waals surface area contributed by atoms with Gasteiger partial charge >= 0.3 is 0 Å². The summed E-state index contributed by atoms with van der Waals surface area (Å²) in [6.07, 6.45) is 10.6. The summed E-state index contributed by atoms with van der Waals surface area (Å²) in [4.78, 5) is 15.6. The van der Waals surface area contributed by atoms with E-state index in [2.05, 4.69) is 31.2 Å². The van der Waals surface area contributed by atoms with Crippen LogP contribution in [0.4, 0.5) is 0 Å². The largest absolute Gasteiger partial charge is 0.390 e. The Balaban J connectivity index is 1.29. The highest BCUT2D eigenvalue weighted by Gasteiger charge is 2.59. The lowest BCUT2D eigenvalue weighted by atomic mass is 9.49. The lowest BCUT2D eigenvalue weighted by Crippen LogP contribution is -2.51. The van der Waals surface area contributed by atoms with E-state index in [1.54, 1.807) is 0 Å². The molecule has 0 radical (unpaired) electrons. The standard InChI is InChI=1S/C28H41NO2/c1-27(31)15-13-21-20(17-27)9-10-23-22(21)14-16-28(2)24(23)11-12-25(28)26(30)29(3)18-19-7-5-4-6-8-19/h4-8,20-25,31H,9-18H2,1-3H3/t20-,21+,22-,23-,24+,25-,27-,28+/m1/s1. The molecule has 4 saturated carbocycles. The second kappa shape index (κ2) is 7.90. The van der Waals surface area contributed by atoms with E-state index in [-0.39, 0.29) is 11.3 Å². The Morgan fingerprint density at radius 1 is 0.968 bits per heavy atom. The van der Waals surface area contributed by atoms with Crippen LogP contribution in [0, 0.1) is 40.9 Å². The summed E-state index contributed by atoms with van der Waals surface area (Å²) >= 11 is 0. The topological polar surface area (TPSA) is 40.5 Å². The third kappa shape index (κ3) is 3.75. The Morgan fingerprint density at radius 2 is 1.71 bits per heavy atom. The minimum atomic E-state index is -0.439. The predicted molar refractivity (Wildman–Crippen MR) is 124 cm³/mol. The molecular weight excluding hydrogens is 382 g/mol. The van der Waals surface area contributed by atoms with E-state index in [0.717, 1.165) is 42.9 Å². The van der Waals surface area contributed by atoms with Crippen molar-refractivity contribution < 1.29 is 9.90 Å². The number of rotatable bonds is 3. The van der Waals surface area contributed by atoms with Gasteiger partial charge in [0.25, 0.3) is 0 Å². The minimum absolute atomic E-state index is 0.177. The number of carbonyl (C=O) groups excluding carboxylic acids is 1. The first-order valence-corrected chi connectivity index (χ1v) is 12.8. The molecule has 1 amide bonds. The first kappa shape index (κ1) is 21.5. The third-order valence-corrected chi connectivity index (χ3v) is 10.2. The van der Waals surface area contributed by atoms with Gasteiger partial charge in [0.15, 0.2) is 0 Å². The number of fused-ring (bicyclic) bond motifs is 5. The van der Waals surface area contributed by atoms with E-state index in [9.17, 15) is 9.90 Å². The van der Waals surface area contributed by atoms with Gasteiger partial charge in [0.05, 0.1) is 5.60 Å². The van der Waals surface area contributed by atoms with Gasteiger partial charge in [-0.3, -0.25) is 4.79 Å². The van der Waals surface area contributed by atoms with Gasteiger partial charge < -0.3 is 10.0 Å². The van der Waals surface area contributed by atoms with E-state index in [0.29, 0.717) is 18.4 Å². The van der Waals surface area contributed by atoms with Crippen molar-refractivity contribution in [3.63, 3.8) is 0 Å². The van der Waals surface area contributed by atoms with Crippen LogP contribution in [-0.2, 0) is 11.3 Å². The molecule has 4 aliphatic rings. The Kier molecular flexibility index (Phi) is 5.48. The third-order valence-electron chi connectivity index (χ3n) is 10.2. The SMILES string of the molecule is CN(Cc1ccccc1)C(=O)[C@H]1CC[C@H]2[C@@H]3CC[C@@H]4C[C@](C)(O)CC[C@@H]4[C@H]3CC[C@]12C. The maximum absolute atomic E-state index is 13.6. The minimum Gasteiger partial charge on any atom is -0.390 e. The fourth-order valence-corrected chi connectivity index (χ4v) is 8.69. The van der Waals surface area contributed by atoms with Gasteiger partial charge in [0, 0.05) is 19.5 Å². The van der Waals surface area contributed by atoms with Crippen LogP contribution < -0.4 is 0 Å². The van der Waals surface area contributed by atoms with E-state index >= 15 is 0 Å². The molecule has 3 nitrogen and oxygen atoms in total.